The van der Waals surface area contributed by atoms with E-state index in [1.54, 1.807) is 18.2 Å². The van der Waals surface area contributed by atoms with E-state index in [9.17, 15) is 0 Å². The highest BCUT2D eigenvalue weighted by Gasteiger charge is 2.10. The Balaban J connectivity index is 2.31. The third kappa shape index (κ3) is 3.67. The van der Waals surface area contributed by atoms with E-state index in [4.69, 9.17) is 27.3 Å². The van der Waals surface area contributed by atoms with Crippen LogP contribution in [0.3, 0.4) is 0 Å². The molecule has 2 aromatic carbocycles. The molecule has 5 heteroatoms. The molecule has 110 valence electrons. The van der Waals surface area contributed by atoms with E-state index in [2.05, 4.69) is 19.0 Å². The molecule has 0 aliphatic heterocycles. The first-order valence-electron chi connectivity index (χ1n) is 6.56. The Bertz CT molecular complexity index is 652. The quantitative estimate of drug-likeness (QED) is 0.382. The van der Waals surface area contributed by atoms with Gasteiger partial charge in [-0.2, -0.15) is 0 Å². The van der Waals surface area contributed by atoms with E-state index in [1.807, 2.05) is 24.3 Å². The molecule has 0 bridgehead atoms. The van der Waals surface area contributed by atoms with Gasteiger partial charge in [-0.25, -0.2) is 0 Å². The molecule has 3 N–H and O–H groups in total. The van der Waals surface area contributed by atoms with Crippen molar-refractivity contribution in [3.8, 4) is 11.5 Å². The highest BCUT2D eigenvalue weighted by molar-refractivity contribution is 6.31. The normalized spacial score (nSPS) is 11.7. The lowest BCUT2D eigenvalue weighted by Gasteiger charge is -2.12. The number of nitrogens with zero attached hydrogens (tertiary/aromatic N) is 1. The fraction of sp³-hybridized carbons (Fsp3) is 0.188. The average Bonchev–Trinajstić information content (AvgIpc) is 2.48. The minimum absolute atomic E-state index is 0.0497. The Hall–Kier alpha value is -2.20. The van der Waals surface area contributed by atoms with Crippen molar-refractivity contribution in [1.82, 2.24) is 0 Å². The Morgan fingerprint density at radius 1 is 1.19 bits per heavy atom. The zero-order chi connectivity index (χ0) is 15.4. The summed E-state index contributed by atoms with van der Waals surface area (Å²) in [7, 11) is 0. The lowest BCUT2D eigenvalue weighted by atomic mass is 10.0. The number of hydrogen-bond acceptors (Lipinski definition) is 3. The number of ether oxygens (including phenoxy) is 1. The SMILES string of the molecule is CC(C)c1ccc(Oc2ccc(Cl)cc2C(N)=NO)cc1. The van der Waals surface area contributed by atoms with Crippen molar-refractivity contribution in [2.24, 2.45) is 10.9 Å². The van der Waals surface area contributed by atoms with Crippen LogP contribution in [0.25, 0.3) is 0 Å². The van der Waals surface area contributed by atoms with Gasteiger partial charge in [-0.3, -0.25) is 0 Å². The van der Waals surface area contributed by atoms with Gasteiger partial charge >= 0.3 is 0 Å². The maximum atomic E-state index is 8.83. The van der Waals surface area contributed by atoms with Crippen molar-refractivity contribution in [3.63, 3.8) is 0 Å². The van der Waals surface area contributed by atoms with Crippen LogP contribution < -0.4 is 10.5 Å². The summed E-state index contributed by atoms with van der Waals surface area (Å²) >= 11 is 5.93. The molecule has 0 aliphatic carbocycles. The van der Waals surface area contributed by atoms with Crippen LogP contribution in [0.1, 0.15) is 30.9 Å². The molecule has 4 nitrogen and oxygen atoms in total. The molecule has 0 amide bonds. The summed E-state index contributed by atoms with van der Waals surface area (Å²) in [6.45, 7) is 4.26. The summed E-state index contributed by atoms with van der Waals surface area (Å²) in [5.41, 5.74) is 7.32. The third-order valence-electron chi connectivity index (χ3n) is 3.10. The van der Waals surface area contributed by atoms with E-state index < -0.39 is 0 Å². The molecule has 0 unspecified atom stereocenters. The molecule has 0 aromatic heterocycles. The van der Waals surface area contributed by atoms with Gasteiger partial charge in [-0.05, 0) is 41.8 Å². The van der Waals surface area contributed by atoms with Gasteiger partial charge in [0.1, 0.15) is 11.5 Å². The molecule has 21 heavy (non-hydrogen) atoms. The number of amidine groups is 1. The summed E-state index contributed by atoms with van der Waals surface area (Å²) in [5.74, 6) is 1.56. The molecular weight excluding hydrogens is 288 g/mol. The second kappa shape index (κ2) is 6.50. The summed E-state index contributed by atoms with van der Waals surface area (Å²) in [6.07, 6.45) is 0. The summed E-state index contributed by atoms with van der Waals surface area (Å²) in [4.78, 5) is 0. The lowest BCUT2D eigenvalue weighted by molar-refractivity contribution is 0.318. The third-order valence-corrected chi connectivity index (χ3v) is 3.33. The lowest BCUT2D eigenvalue weighted by Crippen LogP contribution is -2.14. The van der Waals surface area contributed by atoms with E-state index >= 15 is 0 Å². The monoisotopic (exact) mass is 304 g/mol. The molecule has 0 atom stereocenters. The first-order valence-corrected chi connectivity index (χ1v) is 6.94. The number of rotatable bonds is 4. The molecule has 0 radical (unpaired) electrons. The van der Waals surface area contributed by atoms with E-state index in [-0.39, 0.29) is 5.84 Å². The van der Waals surface area contributed by atoms with Gasteiger partial charge in [0, 0.05) is 5.02 Å². The number of hydrogen-bond donors (Lipinski definition) is 2. The highest BCUT2D eigenvalue weighted by Crippen LogP contribution is 2.28. The maximum Gasteiger partial charge on any atom is 0.173 e. The van der Waals surface area contributed by atoms with Gasteiger partial charge in [0.05, 0.1) is 5.56 Å². The molecule has 0 saturated carbocycles. The summed E-state index contributed by atoms with van der Waals surface area (Å²) < 4.78 is 5.79. The Morgan fingerprint density at radius 3 is 2.43 bits per heavy atom. The summed E-state index contributed by atoms with van der Waals surface area (Å²) in [5, 5.41) is 12.3. The summed E-state index contributed by atoms with van der Waals surface area (Å²) in [6, 6.07) is 12.8. The largest absolute Gasteiger partial charge is 0.457 e. The number of halogens is 1. The maximum absolute atomic E-state index is 8.83. The van der Waals surface area contributed by atoms with Gasteiger partial charge in [0.25, 0.3) is 0 Å². The van der Waals surface area contributed by atoms with Gasteiger partial charge in [0.2, 0.25) is 0 Å². The van der Waals surface area contributed by atoms with Crippen LogP contribution in [0, 0.1) is 0 Å². The molecule has 0 aliphatic rings. The smallest absolute Gasteiger partial charge is 0.173 e. The zero-order valence-corrected chi connectivity index (χ0v) is 12.6. The molecule has 0 heterocycles. The Kier molecular flexibility index (Phi) is 4.70. The van der Waals surface area contributed by atoms with Crippen molar-refractivity contribution in [2.45, 2.75) is 19.8 Å². The fourth-order valence-corrected chi connectivity index (χ4v) is 2.07. The van der Waals surface area contributed by atoms with Crippen molar-refractivity contribution in [2.75, 3.05) is 0 Å². The zero-order valence-electron chi connectivity index (χ0n) is 11.9. The minimum atomic E-state index is -0.0497. The van der Waals surface area contributed by atoms with Crippen LogP contribution in [-0.2, 0) is 0 Å². The molecule has 0 saturated heterocycles. The van der Waals surface area contributed by atoms with E-state index in [0.29, 0.717) is 28.0 Å². The van der Waals surface area contributed by atoms with Crippen LogP contribution in [0.15, 0.2) is 47.6 Å². The van der Waals surface area contributed by atoms with Crippen LogP contribution in [-0.4, -0.2) is 11.0 Å². The first-order chi connectivity index (χ1) is 10.0. The topological polar surface area (TPSA) is 67.8 Å². The van der Waals surface area contributed by atoms with Crippen molar-refractivity contribution in [1.29, 1.82) is 0 Å². The number of benzene rings is 2. The Labute approximate surface area is 128 Å². The number of nitrogens with two attached hydrogens (primary N) is 1. The van der Waals surface area contributed by atoms with Crippen LogP contribution in [0.5, 0.6) is 11.5 Å². The van der Waals surface area contributed by atoms with Crippen LogP contribution >= 0.6 is 11.6 Å². The predicted molar refractivity (Wildman–Crippen MR) is 84.6 cm³/mol. The fourth-order valence-electron chi connectivity index (χ4n) is 1.89. The van der Waals surface area contributed by atoms with Crippen molar-refractivity contribution in [3.05, 3.63) is 58.6 Å². The minimum Gasteiger partial charge on any atom is -0.457 e. The van der Waals surface area contributed by atoms with Crippen molar-refractivity contribution >= 4 is 17.4 Å². The van der Waals surface area contributed by atoms with E-state index in [1.165, 1.54) is 5.56 Å². The van der Waals surface area contributed by atoms with Gasteiger partial charge in [-0.1, -0.05) is 42.7 Å². The standard InChI is InChI=1S/C16H17ClN2O2/c1-10(2)11-3-6-13(7-4-11)21-15-8-5-12(17)9-14(15)16(18)19-20/h3-10,20H,1-2H3,(H2,18,19). The highest BCUT2D eigenvalue weighted by atomic mass is 35.5. The van der Waals surface area contributed by atoms with Gasteiger partial charge in [0.15, 0.2) is 5.84 Å². The molecule has 2 rings (SSSR count). The van der Waals surface area contributed by atoms with Crippen LogP contribution in [0.2, 0.25) is 5.02 Å². The van der Waals surface area contributed by atoms with E-state index in [0.717, 1.165) is 0 Å². The predicted octanol–water partition coefficient (Wildman–Crippen LogP) is 4.35. The van der Waals surface area contributed by atoms with Crippen molar-refractivity contribution < 1.29 is 9.94 Å². The van der Waals surface area contributed by atoms with Gasteiger partial charge < -0.3 is 15.7 Å². The molecule has 0 fully saturated rings. The second-order valence-electron chi connectivity index (χ2n) is 4.95. The molecule has 0 spiro atoms. The first kappa shape index (κ1) is 15.2. The van der Waals surface area contributed by atoms with Crippen LogP contribution in [0.4, 0.5) is 0 Å². The Morgan fingerprint density at radius 2 is 1.86 bits per heavy atom. The molecular formula is C16H17ClN2O2. The average molecular weight is 305 g/mol. The number of oxime groups is 1. The van der Waals surface area contributed by atoms with Gasteiger partial charge in [-0.15, -0.1) is 0 Å². The second-order valence-corrected chi connectivity index (χ2v) is 5.39. The molecule has 2 aromatic rings.